The van der Waals surface area contributed by atoms with Crippen molar-refractivity contribution in [2.45, 2.75) is 38.3 Å². The van der Waals surface area contributed by atoms with Crippen LogP contribution in [-0.2, 0) is 24.2 Å². The van der Waals surface area contributed by atoms with Crippen LogP contribution in [0.5, 0.6) is 0 Å². The normalized spacial score (nSPS) is 15.1. The molecule has 1 fully saturated rings. The van der Waals surface area contributed by atoms with Gasteiger partial charge in [0.15, 0.2) is 0 Å². The van der Waals surface area contributed by atoms with E-state index in [1.807, 2.05) is 34.6 Å². The van der Waals surface area contributed by atoms with Gasteiger partial charge >= 0.3 is 0 Å². The Hall–Kier alpha value is -2.57. The van der Waals surface area contributed by atoms with Crippen molar-refractivity contribution in [3.05, 3.63) is 88.1 Å². The summed E-state index contributed by atoms with van der Waals surface area (Å²) in [7, 11) is 0. The molecule has 0 atom stereocenters. The van der Waals surface area contributed by atoms with Crippen molar-refractivity contribution in [1.82, 2.24) is 14.8 Å². The van der Waals surface area contributed by atoms with Gasteiger partial charge in [-0.15, -0.1) is 11.3 Å². The Morgan fingerprint density at radius 1 is 1.10 bits per heavy atom. The molecule has 1 amide bonds. The van der Waals surface area contributed by atoms with Crippen molar-refractivity contribution in [3.8, 4) is 0 Å². The molecule has 3 heterocycles. The topological polar surface area (TPSA) is 36.4 Å². The van der Waals surface area contributed by atoms with Crippen molar-refractivity contribution < 1.29 is 9.18 Å². The maximum Gasteiger partial charge on any atom is 0.227 e. The molecule has 162 valence electrons. The van der Waals surface area contributed by atoms with Gasteiger partial charge < -0.3 is 9.80 Å². The number of amides is 1. The molecular formula is C25H28FN3OS. The number of benzene rings is 1. The van der Waals surface area contributed by atoms with Crippen molar-refractivity contribution in [3.63, 3.8) is 0 Å². The minimum absolute atomic E-state index is 0.0903. The fraction of sp³-hybridized carbons (Fsp3) is 0.360. The third kappa shape index (κ3) is 6.21. The van der Waals surface area contributed by atoms with Crippen LogP contribution in [0.15, 0.2) is 66.3 Å². The molecule has 3 aromatic rings. The fourth-order valence-corrected chi connectivity index (χ4v) is 4.86. The van der Waals surface area contributed by atoms with Crippen molar-refractivity contribution in [2.24, 2.45) is 0 Å². The van der Waals surface area contributed by atoms with Gasteiger partial charge in [0, 0.05) is 49.5 Å². The van der Waals surface area contributed by atoms with Crippen LogP contribution in [0.4, 0.5) is 4.39 Å². The number of hydrogen-bond acceptors (Lipinski definition) is 4. The van der Waals surface area contributed by atoms with Crippen LogP contribution < -0.4 is 0 Å². The molecule has 1 saturated heterocycles. The molecule has 0 saturated carbocycles. The minimum Gasteiger partial charge on any atom is -0.335 e. The Morgan fingerprint density at radius 2 is 1.90 bits per heavy atom. The lowest BCUT2D eigenvalue weighted by atomic mass is 10.0. The smallest absolute Gasteiger partial charge is 0.227 e. The first-order chi connectivity index (χ1) is 15.2. The number of thiophene rings is 1. The summed E-state index contributed by atoms with van der Waals surface area (Å²) in [5, 5.41) is 2.13. The summed E-state index contributed by atoms with van der Waals surface area (Å²) in [4.78, 5) is 23.4. The van der Waals surface area contributed by atoms with E-state index in [4.69, 9.17) is 0 Å². The number of carbonyl (C=O) groups is 1. The van der Waals surface area contributed by atoms with Crippen molar-refractivity contribution >= 4 is 17.2 Å². The van der Waals surface area contributed by atoms with Gasteiger partial charge in [-0.3, -0.25) is 9.78 Å². The number of rotatable bonds is 8. The number of nitrogens with zero attached hydrogens (tertiary/aromatic N) is 3. The summed E-state index contributed by atoms with van der Waals surface area (Å²) >= 11 is 1.81. The average molecular weight is 438 g/mol. The van der Waals surface area contributed by atoms with Crippen LogP contribution in [0.25, 0.3) is 0 Å². The second kappa shape index (κ2) is 10.6. The van der Waals surface area contributed by atoms with Gasteiger partial charge in [0.1, 0.15) is 5.82 Å². The lowest BCUT2D eigenvalue weighted by molar-refractivity contribution is -0.134. The highest BCUT2D eigenvalue weighted by molar-refractivity contribution is 7.09. The standard InChI is InChI=1S/C25H28FN3OS/c26-22-7-5-20(6-8-22)17-25(30)29(19-21-3-1-12-27-18-21)23-9-13-28(14-10-23)15-11-24-4-2-16-31-24/h1-8,12,16,18,23H,9-11,13-15,17,19H2. The van der Waals surface area contributed by atoms with Crippen LogP contribution in [0.3, 0.4) is 0 Å². The van der Waals surface area contributed by atoms with Gasteiger partial charge in [-0.2, -0.15) is 0 Å². The predicted octanol–water partition coefficient (Wildman–Crippen LogP) is 4.56. The Morgan fingerprint density at radius 3 is 2.58 bits per heavy atom. The third-order valence-corrected chi connectivity index (χ3v) is 6.85. The SMILES string of the molecule is O=C(Cc1ccc(F)cc1)N(Cc1cccnc1)C1CCN(CCc2cccs2)CC1. The first-order valence-corrected chi connectivity index (χ1v) is 11.7. The Kier molecular flexibility index (Phi) is 7.43. The van der Waals surface area contributed by atoms with E-state index in [-0.39, 0.29) is 17.8 Å². The van der Waals surface area contributed by atoms with E-state index in [0.29, 0.717) is 13.0 Å². The number of carbonyl (C=O) groups excluding carboxylic acids is 1. The van der Waals surface area contributed by atoms with E-state index in [9.17, 15) is 9.18 Å². The summed E-state index contributed by atoms with van der Waals surface area (Å²) in [5.74, 6) is -0.189. The molecule has 1 aromatic carbocycles. The molecular weight excluding hydrogens is 409 g/mol. The van der Waals surface area contributed by atoms with Crippen LogP contribution in [0.2, 0.25) is 0 Å². The molecule has 31 heavy (non-hydrogen) atoms. The maximum atomic E-state index is 13.3. The zero-order valence-electron chi connectivity index (χ0n) is 17.6. The monoisotopic (exact) mass is 437 g/mol. The molecule has 0 bridgehead atoms. The lowest BCUT2D eigenvalue weighted by Gasteiger charge is -2.38. The first kappa shape index (κ1) is 21.7. The van der Waals surface area contributed by atoms with Crippen molar-refractivity contribution in [1.29, 1.82) is 0 Å². The first-order valence-electron chi connectivity index (χ1n) is 10.8. The summed E-state index contributed by atoms with van der Waals surface area (Å²) in [6.45, 7) is 3.64. The molecule has 6 heteroatoms. The maximum absolute atomic E-state index is 13.3. The predicted molar refractivity (Wildman–Crippen MR) is 122 cm³/mol. The molecule has 0 unspecified atom stereocenters. The summed E-state index contributed by atoms with van der Waals surface area (Å²) in [6, 6.07) is 14.7. The molecule has 0 spiro atoms. The quantitative estimate of drug-likeness (QED) is 0.518. The Bertz CT molecular complexity index is 939. The molecule has 1 aliphatic heterocycles. The number of hydrogen-bond donors (Lipinski definition) is 0. The van der Waals surface area contributed by atoms with Gasteiger partial charge in [0.05, 0.1) is 6.42 Å². The molecule has 0 radical (unpaired) electrons. The zero-order chi connectivity index (χ0) is 21.5. The number of pyridine rings is 1. The van der Waals surface area contributed by atoms with Gasteiger partial charge in [0.2, 0.25) is 5.91 Å². The summed E-state index contributed by atoms with van der Waals surface area (Å²) < 4.78 is 13.2. The van der Waals surface area contributed by atoms with Crippen LogP contribution in [0.1, 0.15) is 28.8 Å². The second-order valence-corrected chi connectivity index (χ2v) is 9.12. The highest BCUT2D eigenvalue weighted by Crippen LogP contribution is 2.21. The molecule has 0 aliphatic carbocycles. The fourth-order valence-electron chi connectivity index (χ4n) is 4.17. The lowest BCUT2D eigenvalue weighted by Crippen LogP contribution is -2.47. The largest absolute Gasteiger partial charge is 0.335 e. The summed E-state index contributed by atoms with van der Waals surface area (Å²) in [5.41, 5.74) is 1.88. The Balaban J connectivity index is 1.39. The Labute approximate surface area is 187 Å². The van der Waals surface area contributed by atoms with Gasteiger partial charge in [-0.1, -0.05) is 24.3 Å². The molecule has 4 rings (SSSR count). The van der Waals surface area contributed by atoms with E-state index in [2.05, 4.69) is 27.4 Å². The van der Waals surface area contributed by atoms with Crippen LogP contribution in [0, 0.1) is 5.82 Å². The van der Waals surface area contributed by atoms with E-state index in [1.165, 1.54) is 17.0 Å². The number of piperidine rings is 1. The molecule has 0 N–H and O–H groups in total. The van der Waals surface area contributed by atoms with Crippen LogP contribution in [-0.4, -0.2) is 46.4 Å². The number of likely N-dealkylation sites (tertiary alicyclic amines) is 1. The molecule has 1 aliphatic rings. The highest BCUT2D eigenvalue weighted by atomic mass is 32.1. The zero-order valence-corrected chi connectivity index (χ0v) is 18.4. The molecule has 4 nitrogen and oxygen atoms in total. The van der Waals surface area contributed by atoms with E-state index >= 15 is 0 Å². The van der Waals surface area contributed by atoms with E-state index < -0.39 is 0 Å². The van der Waals surface area contributed by atoms with Gasteiger partial charge in [-0.05, 0) is 60.0 Å². The van der Waals surface area contributed by atoms with Gasteiger partial charge in [0.25, 0.3) is 0 Å². The molecule has 2 aromatic heterocycles. The number of aromatic nitrogens is 1. The minimum atomic E-state index is -0.279. The van der Waals surface area contributed by atoms with E-state index in [0.717, 1.165) is 50.0 Å². The highest BCUT2D eigenvalue weighted by Gasteiger charge is 2.28. The van der Waals surface area contributed by atoms with Gasteiger partial charge in [-0.25, -0.2) is 4.39 Å². The summed E-state index contributed by atoms with van der Waals surface area (Å²) in [6.07, 6.45) is 6.90. The van der Waals surface area contributed by atoms with E-state index in [1.54, 1.807) is 18.3 Å². The average Bonchev–Trinajstić information content (AvgIpc) is 3.32. The van der Waals surface area contributed by atoms with Crippen molar-refractivity contribution in [2.75, 3.05) is 19.6 Å². The number of halogens is 1. The third-order valence-electron chi connectivity index (χ3n) is 5.92. The second-order valence-electron chi connectivity index (χ2n) is 8.09. The van der Waals surface area contributed by atoms with Crippen LogP contribution >= 0.6 is 11.3 Å².